The van der Waals surface area contributed by atoms with Crippen LogP contribution in [0.25, 0.3) is 0 Å². The van der Waals surface area contributed by atoms with E-state index in [1.807, 2.05) is 61.5 Å². The Morgan fingerprint density at radius 2 is 1.67 bits per heavy atom. The van der Waals surface area contributed by atoms with E-state index in [0.29, 0.717) is 6.42 Å². The maximum Gasteiger partial charge on any atom is 0.225 e. The Kier molecular flexibility index (Phi) is 4.99. The molecule has 2 aromatic carbocycles. The van der Waals surface area contributed by atoms with Gasteiger partial charge < -0.3 is 10.2 Å². The Bertz CT molecular complexity index is 593. The Hall–Kier alpha value is -2.29. The van der Waals surface area contributed by atoms with Crippen molar-refractivity contribution in [3.05, 3.63) is 60.2 Å². The van der Waals surface area contributed by atoms with Gasteiger partial charge in [-0.1, -0.05) is 49.4 Å². The summed E-state index contributed by atoms with van der Waals surface area (Å²) in [5, 5.41) is 3.01. The van der Waals surface area contributed by atoms with Crippen LogP contribution in [0.1, 0.15) is 24.8 Å². The van der Waals surface area contributed by atoms with Crippen LogP contribution in [0, 0.1) is 0 Å². The van der Waals surface area contributed by atoms with Crippen LogP contribution in [0.4, 0.5) is 11.4 Å². The predicted octanol–water partition coefficient (Wildman–Crippen LogP) is 3.88. The largest absolute Gasteiger partial charge is 0.376 e. The molecular formula is C18H22N2O. The summed E-state index contributed by atoms with van der Waals surface area (Å²) in [6, 6.07) is 18.0. The second-order valence-corrected chi connectivity index (χ2v) is 5.48. The molecule has 110 valence electrons. The van der Waals surface area contributed by atoms with E-state index in [1.165, 1.54) is 5.56 Å². The minimum atomic E-state index is 0.0423. The monoisotopic (exact) mass is 282 g/mol. The molecule has 3 nitrogen and oxygen atoms in total. The first-order valence-electron chi connectivity index (χ1n) is 7.19. The fourth-order valence-corrected chi connectivity index (χ4v) is 2.35. The summed E-state index contributed by atoms with van der Waals surface area (Å²) in [5.41, 5.74) is 3.06. The van der Waals surface area contributed by atoms with Crippen LogP contribution in [-0.2, 0) is 4.79 Å². The molecule has 2 rings (SSSR count). The van der Waals surface area contributed by atoms with Gasteiger partial charge in [0.1, 0.15) is 0 Å². The summed E-state index contributed by atoms with van der Waals surface area (Å²) in [4.78, 5) is 14.2. The first-order chi connectivity index (χ1) is 10.1. The molecule has 0 bridgehead atoms. The van der Waals surface area contributed by atoms with E-state index in [2.05, 4.69) is 24.4 Å². The molecule has 0 saturated carbocycles. The lowest BCUT2D eigenvalue weighted by Crippen LogP contribution is -2.17. The number of hydrogen-bond donors (Lipinski definition) is 1. The quantitative estimate of drug-likeness (QED) is 0.902. The Morgan fingerprint density at radius 1 is 1.05 bits per heavy atom. The van der Waals surface area contributed by atoms with Crippen molar-refractivity contribution in [2.45, 2.75) is 19.3 Å². The zero-order valence-corrected chi connectivity index (χ0v) is 12.8. The van der Waals surface area contributed by atoms with Crippen LogP contribution < -0.4 is 10.2 Å². The number of nitrogens with one attached hydrogen (secondary N) is 1. The lowest BCUT2D eigenvalue weighted by Gasteiger charge is -2.18. The average molecular weight is 282 g/mol. The third kappa shape index (κ3) is 4.09. The molecule has 1 amide bonds. The van der Waals surface area contributed by atoms with E-state index in [-0.39, 0.29) is 11.8 Å². The highest BCUT2D eigenvalue weighted by Crippen LogP contribution is 2.25. The van der Waals surface area contributed by atoms with Crippen molar-refractivity contribution in [1.29, 1.82) is 0 Å². The van der Waals surface area contributed by atoms with Gasteiger partial charge in [0.25, 0.3) is 0 Å². The summed E-state index contributed by atoms with van der Waals surface area (Å²) >= 11 is 0. The van der Waals surface area contributed by atoms with Gasteiger partial charge >= 0.3 is 0 Å². The van der Waals surface area contributed by atoms with E-state index in [4.69, 9.17) is 0 Å². The van der Waals surface area contributed by atoms with Crippen LogP contribution in [0.3, 0.4) is 0 Å². The van der Waals surface area contributed by atoms with Crippen molar-refractivity contribution in [3.8, 4) is 0 Å². The molecular weight excluding hydrogens is 260 g/mol. The summed E-state index contributed by atoms with van der Waals surface area (Å²) < 4.78 is 0. The van der Waals surface area contributed by atoms with E-state index in [1.54, 1.807) is 0 Å². The molecule has 0 aliphatic carbocycles. The van der Waals surface area contributed by atoms with Gasteiger partial charge in [-0.15, -0.1) is 0 Å². The topological polar surface area (TPSA) is 32.3 Å². The number of para-hydroxylation sites is 2. The van der Waals surface area contributed by atoms with E-state index < -0.39 is 0 Å². The summed E-state index contributed by atoms with van der Waals surface area (Å²) in [6.07, 6.45) is 0.478. The average Bonchev–Trinajstić information content (AvgIpc) is 2.48. The van der Waals surface area contributed by atoms with Crippen LogP contribution in [0.2, 0.25) is 0 Å². The number of carbonyl (C=O) groups is 1. The van der Waals surface area contributed by atoms with Gasteiger partial charge in [-0.25, -0.2) is 0 Å². The fourth-order valence-electron chi connectivity index (χ4n) is 2.35. The molecule has 1 unspecified atom stereocenters. The molecule has 0 heterocycles. The van der Waals surface area contributed by atoms with E-state index in [0.717, 1.165) is 11.4 Å². The number of benzene rings is 2. The first kappa shape index (κ1) is 15.1. The third-order valence-electron chi connectivity index (χ3n) is 3.52. The molecule has 0 radical (unpaired) electrons. The molecule has 0 saturated heterocycles. The summed E-state index contributed by atoms with van der Waals surface area (Å²) in [6.45, 7) is 2.08. The predicted molar refractivity (Wildman–Crippen MR) is 88.9 cm³/mol. The second-order valence-electron chi connectivity index (χ2n) is 5.48. The number of nitrogens with zero attached hydrogens (tertiary/aromatic N) is 1. The van der Waals surface area contributed by atoms with Crippen molar-refractivity contribution in [2.24, 2.45) is 0 Å². The maximum absolute atomic E-state index is 12.2. The van der Waals surface area contributed by atoms with Gasteiger partial charge in [0.05, 0.1) is 11.4 Å². The summed E-state index contributed by atoms with van der Waals surface area (Å²) in [7, 11) is 3.94. The molecule has 0 aliphatic heterocycles. The normalized spacial score (nSPS) is 11.8. The second kappa shape index (κ2) is 6.93. The number of anilines is 2. The molecule has 2 aromatic rings. The smallest absolute Gasteiger partial charge is 0.225 e. The summed E-state index contributed by atoms with van der Waals surface area (Å²) in [5.74, 6) is 0.248. The number of carbonyl (C=O) groups excluding carboxylic acids is 1. The lowest BCUT2D eigenvalue weighted by atomic mass is 9.97. The zero-order chi connectivity index (χ0) is 15.2. The van der Waals surface area contributed by atoms with Gasteiger partial charge in [-0.05, 0) is 23.6 Å². The highest BCUT2D eigenvalue weighted by molar-refractivity contribution is 5.94. The fraction of sp³-hybridized carbons (Fsp3) is 0.278. The number of rotatable bonds is 5. The van der Waals surface area contributed by atoms with Gasteiger partial charge in [-0.2, -0.15) is 0 Å². The molecule has 1 atom stereocenters. The van der Waals surface area contributed by atoms with Gasteiger partial charge in [0.2, 0.25) is 5.91 Å². The highest BCUT2D eigenvalue weighted by atomic mass is 16.1. The molecule has 0 aliphatic rings. The van der Waals surface area contributed by atoms with Crippen molar-refractivity contribution in [1.82, 2.24) is 0 Å². The van der Waals surface area contributed by atoms with Crippen LogP contribution in [0.15, 0.2) is 54.6 Å². The standard InChI is InChI=1S/C18H22N2O/c1-14(15-9-5-4-6-10-15)13-18(21)19-16-11-7-8-12-17(16)20(2)3/h4-12,14H,13H2,1-3H3,(H,19,21). The maximum atomic E-state index is 12.2. The van der Waals surface area contributed by atoms with E-state index in [9.17, 15) is 4.79 Å². The van der Waals surface area contributed by atoms with Crippen molar-refractivity contribution >= 4 is 17.3 Å². The number of amides is 1. The first-order valence-corrected chi connectivity index (χ1v) is 7.19. The van der Waals surface area contributed by atoms with Gasteiger partial charge in [0.15, 0.2) is 0 Å². The van der Waals surface area contributed by atoms with E-state index >= 15 is 0 Å². The third-order valence-corrected chi connectivity index (χ3v) is 3.52. The van der Waals surface area contributed by atoms with Crippen LogP contribution in [-0.4, -0.2) is 20.0 Å². The molecule has 3 heteroatoms. The Morgan fingerprint density at radius 3 is 2.33 bits per heavy atom. The zero-order valence-electron chi connectivity index (χ0n) is 12.8. The molecule has 0 spiro atoms. The highest BCUT2D eigenvalue weighted by Gasteiger charge is 2.13. The van der Waals surface area contributed by atoms with Crippen LogP contribution in [0.5, 0.6) is 0 Å². The van der Waals surface area contributed by atoms with Gasteiger partial charge in [-0.3, -0.25) is 4.79 Å². The molecule has 21 heavy (non-hydrogen) atoms. The molecule has 0 aromatic heterocycles. The number of hydrogen-bond acceptors (Lipinski definition) is 2. The SMILES string of the molecule is CC(CC(=O)Nc1ccccc1N(C)C)c1ccccc1. The minimum absolute atomic E-state index is 0.0423. The van der Waals surface area contributed by atoms with Crippen molar-refractivity contribution in [3.63, 3.8) is 0 Å². The molecule has 0 fully saturated rings. The van der Waals surface area contributed by atoms with Gasteiger partial charge in [0, 0.05) is 20.5 Å². The molecule has 1 N–H and O–H groups in total. The van der Waals surface area contributed by atoms with Crippen LogP contribution >= 0.6 is 0 Å². The van der Waals surface area contributed by atoms with Crippen molar-refractivity contribution < 1.29 is 4.79 Å². The Balaban J connectivity index is 2.02. The minimum Gasteiger partial charge on any atom is -0.376 e. The van der Waals surface area contributed by atoms with Crippen molar-refractivity contribution in [2.75, 3.05) is 24.3 Å². The Labute approximate surface area is 126 Å². The lowest BCUT2D eigenvalue weighted by molar-refractivity contribution is -0.116.